The lowest BCUT2D eigenvalue weighted by atomic mass is 10.1. The predicted octanol–water partition coefficient (Wildman–Crippen LogP) is 2.00. The van der Waals surface area contributed by atoms with Crippen molar-refractivity contribution in [3.8, 4) is 0 Å². The Balaban J connectivity index is 0.00000364. The Labute approximate surface area is 188 Å². The van der Waals surface area contributed by atoms with E-state index >= 15 is 0 Å². The van der Waals surface area contributed by atoms with Crippen LogP contribution in [0.3, 0.4) is 0 Å². The number of hydrogen-bond donors (Lipinski definition) is 2. The number of benzene rings is 1. The van der Waals surface area contributed by atoms with Gasteiger partial charge in [-0.3, -0.25) is 9.89 Å². The van der Waals surface area contributed by atoms with Crippen LogP contribution in [-0.2, 0) is 10.0 Å². The largest absolute Gasteiger partial charge is 0.357 e. The van der Waals surface area contributed by atoms with Crippen LogP contribution < -0.4 is 10.5 Å². The molecule has 0 aliphatic carbocycles. The van der Waals surface area contributed by atoms with Gasteiger partial charge in [0.15, 0.2) is 5.96 Å². The Bertz CT molecular complexity index is 707. The minimum Gasteiger partial charge on any atom is -0.357 e. The Morgan fingerprint density at radius 1 is 1.26 bits per heavy atom. The first-order valence-corrected chi connectivity index (χ1v) is 11.3. The number of halogens is 2. The Morgan fingerprint density at radius 3 is 2.37 bits per heavy atom. The fourth-order valence-corrected chi connectivity index (χ4v) is 3.59. The molecule has 10 heteroatoms. The van der Waals surface area contributed by atoms with Gasteiger partial charge in [-0.2, -0.15) is 0 Å². The highest BCUT2D eigenvalue weighted by molar-refractivity contribution is 14.0. The maximum absolute atomic E-state index is 11.1. The van der Waals surface area contributed by atoms with E-state index in [1.54, 1.807) is 0 Å². The summed E-state index contributed by atoms with van der Waals surface area (Å²) in [6.45, 7) is 8.70. The number of piperazine rings is 1. The van der Waals surface area contributed by atoms with Gasteiger partial charge in [0, 0.05) is 43.2 Å². The number of primary sulfonamides is 1. The predicted molar refractivity (Wildman–Crippen MR) is 125 cm³/mol. The zero-order chi connectivity index (χ0) is 19.2. The van der Waals surface area contributed by atoms with Crippen molar-refractivity contribution in [2.75, 3.05) is 45.0 Å². The lowest BCUT2D eigenvalue weighted by molar-refractivity contribution is 0.138. The average Bonchev–Trinajstić information content (AvgIpc) is 2.60. The molecule has 1 fully saturated rings. The molecule has 0 aromatic heterocycles. The van der Waals surface area contributed by atoms with Crippen LogP contribution in [0.15, 0.2) is 33.7 Å². The van der Waals surface area contributed by atoms with Gasteiger partial charge in [0.1, 0.15) is 0 Å². The molecular formula is C17H29BrIN5O2S. The van der Waals surface area contributed by atoms with Crippen molar-refractivity contribution in [3.05, 3.63) is 34.3 Å². The van der Waals surface area contributed by atoms with Crippen molar-refractivity contribution in [2.24, 2.45) is 10.1 Å². The van der Waals surface area contributed by atoms with Crippen molar-refractivity contribution >= 4 is 55.9 Å². The molecule has 7 nitrogen and oxygen atoms in total. The van der Waals surface area contributed by atoms with Crippen LogP contribution in [0.25, 0.3) is 0 Å². The molecule has 2 rings (SSSR count). The van der Waals surface area contributed by atoms with E-state index in [0.29, 0.717) is 6.04 Å². The van der Waals surface area contributed by atoms with Crippen LogP contribution in [0, 0.1) is 0 Å². The van der Waals surface area contributed by atoms with Crippen LogP contribution in [0.2, 0.25) is 0 Å². The second-order valence-electron chi connectivity index (χ2n) is 6.35. The third kappa shape index (κ3) is 8.22. The summed E-state index contributed by atoms with van der Waals surface area (Å²) in [7, 11) is -3.48. The molecule has 3 N–H and O–H groups in total. The van der Waals surface area contributed by atoms with E-state index in [2.05, 4.69) is 67.2 Å². The maximum atomic E-state index is 11.1. The van der Waals surface area contributed by atoms with E-state index in [9.17, 15) is 8.42 Å². The minimum absolute atomic E-state index is 0. The molecule has 0 saturated carbocycles. The number of hydrogen-bond acceptors (Lipinski definition) is 4. The molecule has 1 unspecified atom stereocenters. The van der Waals surface area contributed by atoms with E-state index in [1.807, 2.05) is 6.92 Å². The topological polar surface area (TPSA) is 91.0 Å². The Kier molecular flexibility index (Phi) is 10.5. The van der Waals surface area contributed by atoms with Gasteiger partial charge in [0.2, 0.25) is 10.0 Å². The van der Waals surface area contributed by atoms with E-state index in [4.69, 9.17) is 5.14 Å². The summed E-state index contributed by atoms with van der Waals surface area (Å²) >= 11 is 3.48. The lowest BCUT2D eigenvalue weighted by Gasteiger charge is -2.39. The van der Waals surface area contributed by atoms with Gasteiger partial charge < -0.3 is 10.2 Å². The summed E-state index contributed by atoms with van der Waals surface area (Å²) in [5.74, 6) is 0.620. The summed E-state index contributed by atoms with van der Waals surface area (Å²) in [5.41, 5.74) is 1.30. The highest BCUT2D eigenvalue weighted by atomic mass is 127. The number of nitrogens with zero attached hydrogens (tertiary/aromatic N) is 3. The van der Waals surface area contributed by atoms with Crippen LogP contribution in [-0.4, -0.2) is 69.2 Å². The summed E-state index contributed by atoms with van der Waals surface area (Å²) in [6, 6.07) is 8.81. The van der Waals surface area contributed by atoms with Crippen molar-refractivity contribution in [2.45, 2.75) is 19.9 Å². The summed E-state index contributed by atoms with van der Waals surface area (Å²) in [4.78, 5) is 9.04. The molecule has 27 heavy (non-hydrogen) atoms. The third-order valence-electron chi connectivity index (χ3n) is 4.49. The van der Waals surface area contributed by atoms with Crippen LogP contribution in [0.5, 0.6) is 0 Å². The number of aliphatic imine (C=N–C) groups is 1. The third-order valence-corrected chi connectivity index (χ3v) is 5.77. The first-order chi connectivity index (χ1) is 12.3. The molecule has 1 aliphatic heterocycles. The molecule has 0 radical (unpaired) electrons. The molecule has 1 aromatic carbocycles. The zero-order valence-electron chi connectivity index (χ0n) is 15.8. The molecular weight excluding hydrogens is 545 g/mol. The standard InChI is InChI=1S/C17H28BrN5O2S.HI/c1-3-20-17(21-8-13-26(19,24)25)23-11-9-22(10-12-23)14(2)15-4-6-16(18)7-5-15;/h4-7,14H,3,8-13H2,1-2H3,(H,20,21)(H2,19,24,25);1H. The van der Waals surface area contributed by atoms with Crippen LogP contribution in [0.4, 0.5) is 0 Å². The summed E-state index contributed by atoms with van der Waals surface area (Å²) in [5, 5.41) is 8.29. The normalized spacial score (nSPS) is 17.3. The molecule has 1 aliphatic rings. The van der Waals surface area contributed by atoms with E-state index < -0.39 is 10.0 Å². The monoisotopic (exact) mass is 573 g/mol. The molecule has 1 aromatic rings. The molecule has 0 amide bonds. The van der Waals surface area contributed by atoms with Gasteiger partial charge in [-0.25, -0.2) is 13.6 Å². The van der Waals surface area contributed by atoms with Gasteiger partial charge in [-0.05, 0) is 31.5 Å². The molecule has 0 bridgehead atoms. The van der Waals surface area contributed by atoms with Crippen molar-refractivity contribution in [3.63, 3.8) is 0 Å². The SMILES string of the molecule is CCNC(=NCCS(N)(=O)=O)N1CCN(C(C)c2ccc(Br)cc2)CC1.I. The average molecular weight is 574 g/mol. The number of rotatable bonds is 6. The lowest BCUT2D eigenvalue weighted by Crippen LogP contribution is -2.53. The van der Waals surface area contributed by atoms with Crippen molar-refractivity contribution in [1.29, 1.82) is 0 Å². The number of nitrogens with two attached hydrogens (primary N) is 1. The highest BCUT2D eigenvalue weighted by Gasteiger charge is 2.23. The number of nitrogens with one attached hydrogen (secondary N) is 1. The van der Waals surface area contributed by atoms with Crippen molar-refractivity contribution < 1.29 is 8.42 Å². The Hall–Kier alpha value is -0.430. The smallest absolute Gasteiger partial charge is 0.210 e. The van der Waals surface area contributed by atoms with Gasteiger partial charge in [0.05, 0.1) is 12.3 Å². The summed E-state index contributed by atoms with van der Waals surface area (Å²) in [6.07, 6.45) is 0. The number of guanidine groups is 1. The van der Waals surface area contributed by atoms with Gasteiger partial charge in [-0.1, -0.05) is 28.1 Å². The first-order valence-electron chi connectivity index (χ1n) is 8.83. The molecule has 0 spiro atoms. The zero-order valence-corrected chi connectivity index (χ0v) is 20.5. The molecule has 154 valence electrons. The van der Waals surface area contributed by atoms with Crippen LogP contribution in [0.1, 0.15) is 25.5 Å². The maximum Gasteiger partial charge on any atom is 0.210 e. The van der Waals surface area contributed by atoms with E-state index in [0.717, 1.165) is 43.2 Å². The molecule has 1 saturated heterocycles. The second-order valence-corrected chi connectivity index (χ2v) is 9.00. The minimum atomic E-state index is -3.48. The van der Waals surface area contributed by atoms with Crippen LogP contribution >= 0.6 is 39.9 Å². The fourth-order valence-electron chi connectivity index (χ4n) is 2.98. The van der Waals surface area contributed by atoms with Gasteiger partial charge in [0.25, 0.3) is 0 Å². The summed E-state index contributed by atoms with van der Waals surface area (Å²) < 4.78 is 23.3. The van der Waals surface area contributed by atoms with E-state index in [-0.39, 0.29) is 36.3 Å². The van der Waals surface area contributed by atoms with Crippen molar-refractivity contribution in [1.82, 2.24) is 15.1 Å². The highest BCUT2D eigenvalue weighted by Crippen LogP contribution is 2.23. The second kappa shape index (κ2) is 11.5. The molecule has 1 heterocycles. The quantitative estimate of drug-likeness (QED) is 0.309. The molecule has 1 atom stereocenters. The van der Waals surface area contributed by atoms with E-state index in [1.165, 1.54) is 5.56 Å². The first kappa shape index (κ1) is 24.6. The number of sulfonamides is 1. The van der Waals surface area contributed by atoms with Gasteiger partial charge in [-0.15, -0.1) is 24.0 Å². The van der Waals surface area contributed by atoms with Gasteiger partial charge >= 0.3 is 0 Å². The fraction of sp³-hybridized carbons (Fsp3) is 0.588. The Morgan fingerprint density at radius 2 is 1.85 bits per heavy atom.